The molecule has 0 aromatic rings. The predicted octanol–water partition coefficient (Wildman–Crippen LogP) is 3.09. The molecule has 1 saturated heterocycles. The Kier molecular flexibility index (Phi) is 6.61. The summed E-state index contributed by atoms with van der Waals surface area (Å²) >= 11 is 9.52. The van der Waals surface area contributed by atoms with Crippen LogP contribution in [-0.4, -0.2) is 34.0 Å². The number of thiocarbonyl (C=S) groups is 1. The van der Waals surface area contributed by atoms with E-state index in [0.29, 0.717) is 0 Å². The maximum Gasteiger partial charge on any atom is 0.147 e. The van der Waals surface area contributed by atoms with Gasteiger partial charge < -0.3 is 0 Å². The fourth-order valence-electron chi connectivity index (χ4n) is 1.99. The van der Waals surface area contributed by atoms with E-state index in [1.54, 1.807) is 0 Å². The van der Waals surface area contributed by atoms with Crippen LogP contribution in [0.4, 0.5) is 0 Å². The third kappa shape index (κ3) is 4.70. The highest BCUT2D eigenvalue weighted by molar-refractivity contribution is 8.10. The van der Waals surface area contributed by atoms with E-state index in [1.165, 1.54) is 38.5 Å². The second-order valence-corrected chi connectivity index (χ2v) is 5.24. The van der Waals surface area contributed by atoms with Crippen molar-refractivity contribution in [1.29, 1.82) is 0 Å². The molecular weight excluding hydrogens is 224 g/mol. The number of thiol groups is 1. The zero-order valence-electron chi connectivity index (χ0n) is 9.61. The van der Waals surface area contributed by atoms with Crippen molar-refractivity contribution in [1.82, 2.24) is 10.0 Å². The molecule has 0 N–H and O–H groups in total. The summed E-state index contributed by atoms with van der Waals surface area (Å²) in [5.41, 5.74) is 0. The molecule has 0 amide bonds. The molecular formula is C11H22N2S2. The molecule has 1 aliphatic rings. The maximum absolute atomic E-state index is 5.20. The second-order valence-electron chi connectivity index (χ2n) is 4.13. The van der Waals surface area contributed by atoms with Crippen LogP contribution in [0, 0.1) is 0 Å². The Morgan fingerprint density at radius 3 is 2.47 bits per heavy atom. The molecule has 2 nitrogen and oxygen atoms in total. The minimum atomic E-state index is 0.730. The number of unbranched alkanes of at least 4 members (excludes halogenated alkanes) is 2. The first-order chi connectivity index (χ1) is 7.25. The average molecular weight is 246 g/mol. The third-order valence-electron chi connectivity index (χ3n) is 2.87. The summed E-state index contributed by atoms with van der Waals surface area (Å²) < 4.78 is 0.730. The van der Waals surface area contributed by atoms with Crippen LogP contribution in [0.5, 0.6) is 0 Å². The van der Waals surface area contributed by atoms with E-state index in [9.17, 15) is 0 Å². The van der Waals surface area contributed by atoms with E-state index in [2.05, 4.69) is 29.6 Å². The van der Waals surface area contributed by atoms with Crippen LogP contribution < -0.4 is 0 Å². The summed E-state index contributed by atoms with van der Waals surface area (Å²) in [5.74, 6) is 0. The molecule has 0 aromatic carbocycles. The zero-order valence-corrected chi connectivity index (χ0v) is 11.3. The normalized spacial score (nSPS) is 17.7. The number of hydrogen-bond acceptors (Lipinski definition) is 2. The van der Waals surface area contributed by atoms with Crippen molar-refractivity contribution >= 4 is 29.2 Å². The van der Waals surface area contributed by atoms with E-state index in [-0.39, 0.29) is 0 Å². The van der Waals surface area contributed by atoms with E-state index in [1.807, 2.05) is 0 Å². The van der Waals surface area contributed by atoms with Gasteiger partial charge in [0.1, 0.15) is 4.32 Å². The first-order valence-electron chi connectivity index (χ1n) is 6.01. The Hall–Kier alpha value is 0.200. The van der Waals surface area contributed by atoms with Gasteiger partial charge in [-0.05, 0) is 19.3 Å². The lowest BCUT2D eigenvalue weighted by Gasteiger charge is -2.37. The molecule has 0 radical (unpaired) electrons. The minimum Gasteiger partial charge on any atom is -0.291 e. The van der Waals surface area contributed by atoms with E-state index < -0.39 is 0 Å². The van der Waals surface area contributed by atoms with Gasteiger partial charge in [-0.3, -0.25) is 5.01 Å². The van der Waals surface area contributed by atoms with E-state index >= 15 is 0 Å². The Morgan fingerprint density at radius 1 is 1.27 bits per heavy atom. The molecule has 0 bridgehead atoms. The lowest BCUT2D eigenvalue weighted by Crippen LogP contribution is -2.47. The van der Waals surface area contributed by atoms with E-state index in [4.69, 9.17) is 12.2 Å². The quantitative estimate of drug-likeness (QED) is 0.453. The molecule has 88 valence electrons. The fraction of sp³-hybridized carbons (Fsp3) is 0.909. The molecule has 0 atom stereocenters. The highest BCUT2D eigenvalue weighted by Crippen LogP contribution is 2.14. The first-order valence-corrected chi connectivity index (χ1v) is 6.86. The van der Waals surface area contributed by atoms with Crippen LogP contribution in [0.25, 0.3) is 0 Å². The van der Waals surface area contributed by atoms with Crippen LogP contribution in [0.3, 0.4) is 0 Å². The monoisotopic (exact) mass is 246 g/mol. The van der Waals surface area contributed by atoms with Crippen LogP contribution in [0.2, 0.25) is 0 Å². The number of piperidine rings is 1. The Bertz CT molecular complexity index is 191. The minimum absolute atomic E-state index is 0.730. The Balaban J connectivity index is 2.37. The summed E-state index contributed by atoms with van der Waals surface area (Å²) in [5, 5.41) is 4.56. The number of hydrazine groups is 1. The first kappa shape index (κ1) is 13.3. The molecule has 4 heteroatoms. The number of nitrogens with zero attached hydrogens (tertiary/aromatic N) is 2. The van der Waals surface area contributed by atoms with Crippen molar-refractivity contribution in [3.05, 3.63) is 0 Å². The molecule has 1 heterocycles. The highest BCUT2D eigenvalue weighted by atomic mass is 32.1. The lowest BCUT2D eigenvalue weighted by atomic mass is 10.2. The van der Waals surface area contributed by atoms with Crippen molar-refractivity contribution in [2.75, 3.05) is 19.6 Å². The molecule has 0 aromatic heterocycles. The van der Waals surface area contributed by atoms with Gasteiger partial charge in [0, 0.05) is 19.6 Å². The van der Waals surface area contributed by atoms with E-state index in [0.717, 1.165) is 24.0 Å². The summed E-state index contributed by atoms with van der Waals surface area (Å²) in [6.07, 6.45) is 7.70. The molecule has 0 spiro atoms. The molecule has 1 rings (SSSR count). The van der Waals surface area contributed by atoms with Gasteiger partial charge >= 0.3 is 0 Å². The third-order valence-corrected chi connectivity index (χ3v) is 3.31. The van der Waals surface area contributed by atoms with Gasteiger partial charge in [-0.15, -0.1) is 12.6 Å². The Labute approximate surface area is 104 Å². The maximum atomic E-state index is 5.20. The predicted molar refractivity (Wildman–Crippen MR) is 73.2 cm³/mol. The van der Waals surface area contributed by atoms with Crippen molar-refractivity contribution in [3.8, 4) is 0 Å². The summed E-state index contributed by atoms with van der Waals surface area (Å²) in [6.45, 7) is 5.56. The topological polar surface area (TPSA) is 6.48 Å². The molecule has 0 aliphatic carbocycles. The number of hydrogen-bond donors (Lipinski definition) is 1. The molecule has 15 heavy (non-hydrogen) atoms. The van der Waals surface area contributed by atoms with Crippen LogP contribution in [0.1, 0.15) is 45.4 Å². The van der Waals surface area contributed by atoms with Crippen molar-refractivity contribution in [2.45, 2.75) is 45.4 Å². The number of rotatable bonds is 5. The van der Waals surface area contributed by atoms with Crippen LogP contribution >= 0.6 is 24.8 Å². The van der Waals surface area contributed by atoms with Crippen LogP contribution in [0.15, 0.2) is 0 Å². The molecule has 0 unspecified atom stereocenters. The molecule has 0 saturated carbocycles. The standard InChI is InChI=1S/C11H22N2S2/c1-2-3-5-10-13(11(14)15)12-8-6-4-7-9-12/h2-10H2,1H3,(H,14,15). The summed E-state index contributed by atoms with van der Waals surface area (Å²) in [7, 11) is 0. The zero-order chi connectivity index (χ0) is 11.1. The summed E-state index contributed by atoms with van der Waals surface area (Å²) in [4.78, 5) is 0. The lowest BCUT2D eigenvalue weighted by molar-refractivity contribution is 0.0295. The SMILES string of the molecule is CCCCCN(C(=S)S)N1CCCCC1. The average Bonchev–Trinajstić information content (AvgIpc) is 2.25. The van der Waals surface area contributed by atoms with Crippen molar-refractivity contribution < 1.29 is 0 Å². The summed E-state index contributed by atoms with van der Waals surface area (Å²) in [6, 6.07) is 0. The Morgan fingerprint density at radius 2 is 1.93 bits per heavy atom. The van der Waals surface area contributed by atoms with Gasteiger partial charge in [0.2, 0.25) is 0 Å². The van der Waals surface area contributed by atoms with Gasteiger partial charge in [0.05, 0.1) is 0 Å². The van der Waals surface area contributed by atoms with Crippen LogP contribution in [-0.2, 0) is 0 Å². The van der Waals surface area contributed by atoms with Gasteiger partial charge in [0.25, 0.3) is 0 Å². The van der Waals surface area contributed by atoms with Gasteiger partial charge in [-0.1, -0.05) is 38.4 Å². The van der Waals surface area contributed by atoms with Gasteiger partial charge in [0.15, 0.2) is 0 Å². The van der Waals surface area contributed by atoms with Crippen molar-refractivity contribution in [2.24, 2.45) is 0 Å². The molecule has 1 aliphatic heterocycles. The van der Waals surface area contributed by atoms with Crippen molar-refractivity contribution in [3.63, 3.8) is 0 Å². The largest absolute Gasteiger partial charge is 0.291 e. The second kappa shape index (κ2) is 7.47. The smallest absolute Gasteiger partial charge is 0.147 e. The molecule has 1 fully saturated rings. The van der Waals surface area contributed by atoms with Gasteiger partial charge in [-0.25, -0.2) is 5.01 Å². The highest BCUT2D eigenvalue weighted by Gasteiger charge is 2.18. The van der Waals surface area contributed by atoms with Gasteiger partial charge in [-0.2, -0.15) is 0 Å². The fourth-order valence-corrected chi connectivity index (χ4v) is 2.42.